The number of nitrogens with two attached hydrogens (primary N) is 1. The van der Waals surface area contributed by atoms with Crippen molar-refractivity contribution in [2.75, 3.05) is 0 Å². The molecule has 0 unspecified atom stereocenters. The zero-order chi connectivity index (χ0) is 10.6. The summed E-state index contributed by atoms with van der Waals surface area (Å²) in [6.07, 6.45) is 2.82. The summed E-state index contributed by atoms with van der Waals surface area (Å²) >= 11 is 0. The number of hydrogen-bond acceptors (Lipinski definition) is 4. The molecule has 0 aliphatic carbocycles. The Morgan fingerprint density at radius 3 is 2.93 bits per heavy atom. The second-order valence-electron chi connectivity index (χ2n) is 2.97. The van der Waals surface area contributed by atoms with Crippen LogP contribution in [-0.2, 0) is 6.42 Å². The maximum atomic E-state index is 10.1. The van der Waals surface area contributed by atoms with Crippen LogP contribution in [0.3, 0.4) is 0 Å². The van der Waals surface area contributed by atoms with Crippen molar-refractivity contribution < 1.29 is 4.92 Å². The number of nitrogens with zero attached hydrogens (tertiary/aromatic N) is 2. The molecule has 0 bridgehead atoms. The summed E-state index contributed by atoms with van der Waals surface area (Å²) in [4.78, 5) is 13.6. The molecule has 0 aliphatic heterocycles. The number of nitro groups is 1. The molecule has 0 spiro atoms. The first kappa shape index (κ1) is 10.2. The molecule has 1 rings (SSSR count). The monoisotopic (exact) mass is 193 g/mol. The van der Waals surface area contributed by atoms with E-state index in [1.54, 1.807) is 6.20 Å². The maximum Gasteiger partial charge on any atom is 0.253 e. The predicted octanol–water partition coefficient (Wildman–Crippen LogP) is 1.01. The van der Waals surface area contributed by atoms with E-state index in [1.165, 1.54) is 0 Å². The van der Waals surface area contributed by atoms with E-state index < -0.39 is 4.92 Å². The first-order valence-corrected chi connectivity index (χ1v) is 4.09. The Morgan fingerprint density at radius 1 is 1.71 bits per heavy atom. The molecule has 1 aromatic heterocycles. The molecule has 0 radical (unpaired) electrons. The van der Waals surface area contributed by atoms with Crippen molar-refractivity contribution in [3.8, 4) is 0 Å². The molecule has 0 saturated carbocycles. The fourth-order valence-corrected chi connectivity index (χ4v) is 1.02. The van der Waals surface area contributed by atoms with Crippen LogP contribution >= 0.6 is 0 Å². The Bertz CT molecular complexity index is 357. The van der Waals surface area contributed by atoms with Crippen LogP contribution in [-0.4, -0.2) is 9.91 Å². The van der Waals surface area contributed by atoms with Crippen LogP contribution in [0.1, 0.15) is 11.3 Å². The van der Waals surface area contributed by atoms with Crippen LogP contribution in [0.25, 0.3) is 0 Å². The average molecular weight is 193 g/mol. The van der Waals surface area contributed by atoms with E-state index >= 15 is 0 Å². The normalized spacial score (nSPS) is 11.4. The molecule has 0 aliphatic rings. The molecule has 1 heterocycles. The summed E-state index contributed by atoms with van der Waals surface area (Å²) in [5.41, 5.74) is 7.43. The number of pyridine rings is 1. The van der Waals surface area contributed by atoms with Gasteiger partial charge in [0.2, 0.25) is 0 Å². The topological polar surface area (TPSA) is 82.0 Å². The molecular formula is C9H11N3O2. The van der Waals surface area contributed by atoms with Crippen molar-refractivity contribution in [3.05, 3.63) is 51.6 Å². The quantitative estimate of drug-likeness (QED) is 0.573. The van der Waals surface area contributed by atoms with Crippen LogP contribution in [0.4, 0.5) is 0 Å². The molecular weight excluding hydrogens is 182 g/mol. The van der Waals surface area contributed by atoms with Crippen molar-refractivity contribution in [1.82, 2.24) is 4.98 Å². The van der Waals surface area contributed by atoms with Gasteiger partial charge in [-0.15, -0.1) is 0 Å². The Hall–Kier alpha value is -1.91. The average Bonchev–Trinajstić information content (AvgIpc) is 2.07. The number of aromatic nitrogens is 1. The largest absolute Gasteiger partial charge is 0.397 e. The standard InChI is InChI=1S/C9H11N3O2/c1-7-2-3-8(5-11-7)4-9(10)6-12(13)14/h2-3,5-6H,4,10H2,1H3/b9-6-. The van der Waals surface area contributed by atoms with E-state index in [0.29, 0.717) is 6.42 Å². The fraction of sp³-hybridized carbons (Fsp3) is 0.222. The molecule has 0 saturated heterocycles. The van der Waals surface area contributed by atoms with Gasteiger partial charge in [-0.25, -0.2) is 0 Å². The highest BCUT2D eigenvalue weighted by Crippen LogP contribution is 2.03. The van der Waals surface area contributed by atoms with E-state index in [2.05, 4.69) is 4.98 Å². The number of aryl methyl sites for hydroxylation is 1. The number of rotatable bonds is 3. The van der Waals surface area contributed by atoms with E-state index in [4.69, 9.17) is 5.73 Å². The Morgan fingerprint density at radius 2 is 2.43 bits per heavy atom. The van der Waals surface area contributed by atoms with Crippen molar-refractivity contribution in [2.24, 2.45) is 5.73 Å². The lowest BCUT2D eigenvalue weighted by Crippen LogP contribution is -2.04. The summed E-state index contributed by atoms with van der Waals surface area (Å²) in [5, 5.41) is 10.1. The number of allylic oxidation sites excluding steroid dienone is 1. The van der Waals surface area contributed by atoms with Crippen LogP contribution in [0.15, 0.2) is 30.2 Å². The van der Waals surface area contributed by atoms with Gasteiger partial charge in [-0.05, 0) is 18.6 Å². The zero-order valence-electron chi connectivity index (χ0n) is 7.80. The van der Waals surface area contributed by atoms with Gasteiger partial charge >= 0.3 is 0 Å². The first-order chi connectivity index (χ1) is 6.58. The predicted molar refractivity (Wildman–Crippen MR) is 51.9 cm³/mol. The molecule has 0 amide bonds. The van der Waals surface area contributed by atoms with E-state index in [1.807, 2.05) is 19.1 Å². The van der Waals surface area contributed by atoms with Crippen molar-refractivity contribution in [3.63, 3.8) is 0 Å². The summed E-state index contributed by atoms with van der Waals surface area (Å²) < 4.78 is 0. The molecule has 5 heteroatoms. The maximum absolute atomic E-state index is 10.1. The second kappa shape index (κ2) is 4.36. The van der Waals surface area contributed by atoms with Crippen LogP contribution in [0, 0.1) is 17.0 Å². The molecule has 2 N–H and O–H groups in total. The van der Waals surface area contributed by atoms with Crippen molar-refractivity contribution >= 4 is 0 Å². The highest BCUT2D eigenvalue weighted by atomic mass is 16.6. The highest BCUT2D eigenvalue weighted by Gasteiger charge is 1.99. The Kier molecular flexibility index (Phi) is 3.17. The van der Waals surface area contributed by atoms with E-state index in [0.717, 1.165) is 17.5 Å². The van der Waals surface area contributed by atoms with E-state index in [-0.39, 0.29) is 5.70 Å². The lowest BCUT2D eigenvalue weighted by atomic mass is 10.1. The minimum absolute atomic E-state index is 0.223. The molecule has 0 aromatic carbocycles. The summed E-state index contributed by atoms with van der Waals surface area (Å²) in [7, 11) is 0. The lowest BCUT2D eigenvalue weighted by Gasteiger charge is -1.99. The van der Waals surface area contributed by atoms with Crippen molar-refractivity contribution in [2.45, 2.75) is 13.3 Å². The van der Waals surface area contributed by atoms with Crippen LogP contribution < -0.4 is 5.73 Å². The van der Waals surface area contributed by atoms with Gasteiger partial charge in [0, 0.05) is 18.3 Å². The van der Waals surface area contributed by atoms with Gasteiger partial charge < -0.3 is 5.73 Å². The number of hydrogen-bond donors (Lipinski definition) is 1. The van der Waals surface area contributed by atoms with Gasteiger partial charge in [0.15, 0.2) is 0 Å². The SMILES string of the molecule is Cc1ccc(C/C(N)=C/[N+](=O)[O-])cn1. The summed E-state index contributed by atoms with van der Waals surface area (Å²) in [6, 6.07) is 3.69. The molecule has 1 aromatic rings. The molecule has 74 valence electrons. The Labute approximate surface area is 81.4 Å². The highest BCUT2D eigenvalue weighted by molar-refractivity contribution is 5.18. The molecule has 14 heavy (non-hydrogen) atoms. The molecule has 0 fully saturated rings. The lowest BCUT2D eigenvalue weighted by molar-refractivity contribution is -0.403. The van der Waals surface area contributed by atoms with Gasteiger partial charge in [-0.3, -0.25) is 15.1 Å². The van der Waals surface area contributed by atoms with Gasteiger partial charge in [0.25, 0.3) is 6.20 Å². The third-order valence-electron chi connectivity index (χ3n) is 1.65. The smallest absolute Gasteiger partial charge is 0.253 e. The van der Waals surface area contributed by atoms with Crippen LogP contribution in [0.5, 0.6) is 0 Å². The minimum Gasteiger partial charge on any atom is -0.397 e. The van der Waals surface area contributed by atoms with Gasteiger partial charge in [-0.2, -0.15) is 0 Å². The third-order valence-corrected chi connectivity index (χ3v) is 1.65. The molecule has 0 atom stereocenters. The minimum atomic E-state index is -0.559. The zero-order valence-corrected chi connectivity index (χ0v) is 7.80. The Balaban J connectivity index is 2.69. The van der Waals surface area contributed by atoms with Gasteiger partial charge in [-0.1, -0.05) is 6.07 Å². The van der Waals surface area contributed by atoms with Gasteiger partial charge in [0.05, 0.1) is 10.6 Å². The van der Waals surface area contributed by atoms with Crippen LogP contribution in [0.2, 0.25) is 0 Å². The molecule has 5 nitrogen and oxygen atoms in total. The summed E-state index contributed by atoms with van der Waals surface area (Å²) in [5.74, 6) is 0. The second-order valence-corrected chi connectivity index (χ2v) is 2.97. The fourth-order valence-electron chi connectivity index (χ4n) is 1.02. The third kappa shape index (κ3) is 3.22. The first-order valence-electron chi connectivity index (χ1n) is 4.09. The summed E-state index contributed by atoms with van der Waals surface area (Å²) in [6.45, 7) is 1.87. The van der Waals surface area contributed by atoms with Gasteiger partial charge in [0.1, 0.15) is 0 Å². The van der Waals surface area contributed by atoms with E-state index in [9.17, 15) is 10.1 Å². The van der Waals surface area contributed by atoms with Crippen molar-refractivity contribution in [1.29, 1.82) is 0 Å².